The molecule has 3 heterocycles. The van der Waals surface area contributed by atoms with Gasteiger partial charge in [-0.15, -0.1) is 0 Å². The van der Waals surface area contributed by atoms with Crippen molar-refractivity contribution >= 4 is 37.6 Å². The van der Waals surface area contributed by atoms with Crippen LogP contribution in [0.1, 0.15) is 70.9 Å². The normalized spacial score (nSPS) is 21.2. The highest BCUT2D eigenvalue weighted by atomic mass is 32.2. The third kappa shape index (κ3) is 6.41. The van der Waals surface area contributed by atoms with Gasteiger partial charge in [-0.3, -0.25) is 4.57 Å². The molecule has 2 aromatic heterocycles. The molecule has 0 aliphatic carbocycles. The number of nitrogens with zero attached hydrogens (tertiary/aromatic N) is 4. The lowest BCUT2D eigenvalue weighted by molar-refractivity contribution is -0.0508. The van der Waals surface area contributed by atoms with Crippen LogP contribution in [0.4, 0.5) is 0 Å². The van der Waals surface area contributed by atoms with Crippen LogP contribution in [0, 0.1) is 20.8 Å². The van der Waals surface area contributed by atoms with E-state index in [1.807, 2.05) is 32.9 Å². The summed E-state index contributed by atoms with van der Waals surface area (Å²) in [4.78, 5) is 12.8. The molecule has 0 saturated carbocycles. The van der Waals surface area contributed by atoms with E-state index in [1.165, 1.54) is 6.33 Å². The summed E-state index contributed by atoms with van der Waals surface area (Å²) in [5.41, 5.74) is 1.67. The third-order valence-corrected chi connectivity index (χ3v) is 21.0. The Balaban J connectivity index is 1.92. The molecule has 4 atom stereocenters. The van der Waals surface area contributed by atoms with Gasteiger partial charge in [0.15, 0.2) is 33.2 Å². The Morgan fingerprint density at radius 2 is 1.52 bits per heavy atom. The van der Waals surface area contributed by atoms with Gasteiger partial charge in [0.25, 0.3) is 0 Å². The summed E-state index contributed by atoms with van der Waals surface area (Å²) in [7, 11) is -9.16. The Kier molecular flexibility index (Phi) is 9.12. The van der Waals surface area contributed by atoms with Crippen LogP contribution in [-0.2, 0) is 23.4 Å². The first-order chi connectivity index (χ1) is 20.0. The number of aromatic nitrogens is 4. The number of rotatable bonds is 8. The molecule has 3 aromatic rings. The zero-order valence-corrected chi connectivity index (χ0v) is 31.3. The first-order valence-corrected chi connectivity index (χ1v) is 22.5. The lowest BCUT2D eigenvalue weighted by Gasteiger charge is -2.43. The maximum Gasteiger partial charge on any atom is 0.242 e. The van der Waals surface area contributed by atoms with Crippen LogP contribution in [0.2, 0.25) is 36.3 Å². The van der Waals surface area contributed by atoms with Gasteiger partial charge in [0.05, 0.1) is 17.3 Å². The number of imidazole rings is 1. The van der Waals surface area contributed by atoms with Gasteiger partial charge in [0, 0.05) is 6.42 Å². The smallest absolute Gasteiger partial charge is 0.242 e. The largest absolute Gasteiger partial charge is 0.492 e. The van der Waals surface area contributed by atoms with E-state index < -0.39 is 50.3 Å². The molecule has 0 amide bonds. The minimum Gasteiger partial charge on any atom is -0.492 e. The highest BCUT2D eigenvalue weighted by Crippen LogP contribution is 2.46. The summed E-state index contributed by atoms with van der Waals surface area (Å²) < 4.78 is 52.3. The van der Waals surface area contributed by atoms with Crippen LogP contribution in [0.25, 0.3) is 11.2 Å². The van der Waals surface area contributed by atoms with Gasteiger partial charge < -0.3 is 18.7 Å². The van der Waals surface area contributed by atoms with Gasteiger partial charge in [-0.1, -0.05) is 59.2 Å². The molecule has 1 aliphatic rings. The topological polar surface area (TPSA) is 126 Å². The van der Waals surface area contributed by atoms with E-state index in [0.717, 1.165) is 5.56 Å². The van der Waals surface area contributed by atoms with Gasteiger partial charge in [0.1, 0.15) is 18.7 Å². The van der Waals surface area contributed by atoms with E-state index in [4.69, 9.17) is 13.6 Å². The van der Waals surface area contributed by atoms with E-state index in [-0.39, 0.29) is 26.4 Å². The molecular formula is C31H50N4O6SSi2. The molecule has 0 bridgehead atoms. The van der Waals surface area contributed by atoms with E-state index >= 15 is 0 Å². The first-order valence-electron chi connectivity index (χ1n) is 15.2. The minimum atomic E-state index is -4.09. The molecule has 1 N–H and O–H groups in total. The molecule has 4 rings (SSSR count). The van der Waals surface area contributed by atoms with Crippen molar-refractivity contribution in [2.45, 2.75) is 134 Å². The Bertz CT molecular complexity index is 1620. The number of sulfone groups is 1. The number of aromatic hydroxyl groups is 1. The van der Waals surface area contributed by atoms with Crippen molar-refractivity contribution in [3.8, 4) is 5.88 Å². The molecule has 13 heteroatoms. The second-order valence-corrected chi connectivity index (χ2v) is 26.7. The highest BCUT2D eigenvalue weighted by molar-refractivity contribution is 7.92. The van der Waals surface area contributed by atoms with Crippen molar-refractivity contribution in [2.24, 2.45) is 0 Å². The number of benzene rings is 1. The van der Waals surface area contributed by atoms with E-state index in [9.17, 15) is 13.5 Å². The SMILES string of the molecule is Cc1cc(C)c(S(=O)(=O)C(O[Si](C)(C)C(C)(C)C)[C@H]2O[C@@H](n3cnc4c(O)ncnc43)C[C@@H]2O[Si](C)(C)C(C)(C)C)c(C)c1. The average Bonchev–Trinajstić information content (AvgIpc) is 3.44. The van der Waals surface area contributed by atoms with Crippen molar-refractivity contribution < 1.29 is 27.1 Å². The monoisotopic (exact) mass is 662 g/mol. The Labute approximate surface area is 264 Å². The maximum absolute atomic E-state index is 14.9. The number of aryl methyl sites for hydroxylation is 3. The number of fused-ring (bicyclic) bond motifs is 1. The van der Waals surface area contributed by atoms with Gasteiger partial charge in [-0.2, -0.15) is 4.98 Å². The van der Waals surface area contributed by atoms with Crippen LogP contribution < -0.4 is 0 Å². The molecule has 0 radical (unpaired) electrons. The minimum absolute atomic E-state index is 0.130. The number of hydrogen-bond acceptors (Lipinski definition) is 9. The van der Waals surface area contributed by atoms with Crippen LogP contribution in [0.3, 0.4) is 0 Å². The number of ether oxygens (including phenoxy) is 1. The van der Waals surface area contributed by atoms with E-state index in [0.29, 0.717) is 23.2 Å². The fourth-order valence-corrected chi connectivity index (χ4v) is 10.8. The van der Waals surface area contributed by atoms with Crippen LogP contribution >= 0.6 is 0 Å². The summed E-state index contributed by atoms with van der Waals surface area (Å²) in [6.45, 7) is 26.8. The Morgan fingerprint density at radius 3 is 2.07 bits per heavy atom. The van der Waals surface area contributed by atoms with Crippen molar-refractivity contribution in [2.75, 3.05) is 0 Å². The summed E-state index contributed by atoms with van der Waals surface area (Å²) >= 11 is 0. The van der Waals surface area contributed by atoms with Crippen LogP contribution in [0.15, 0.2) is 29.7 Å². The van der Waals surface area contributed by atoms with E-state index in [1.54, 1.807) is 10.9 Å². The Morgan fingerprint density at radius 1 is 0.955 bits per heavy atom. The fourth-order valence-electron chi connectivity index (χ4n) is 5.30. The molecule has 10 nitrogen and oxygen atoms in total. The van der Waals surface area contributed by atoms with Crippen molar-refractivity contribution in [1.29, 1.82) is 0 Å². The molecule has 1 aromatic carbocycles. The second-order valence-electron chi connectivity index (χ2n) is 15.2. The van der Waals surface area contributed by atoms with Gasteiger partial charge >= 0.3 is 0 Å². The predicted molar refractivity (Wildman–Crippen MR) is 177 cm³/mol. The number of hydrogen-bond donors (Lipinski definition) is 1. The van der Waals surface area contributed by atoms with Crippen LogP contribution in [-0.4, -0.2) is 67.3 Å². The molecule has 1 unspecified atom stereocenters. The first kappa shape index (κ1) is 34.7. The van der Waals surface area contributed by atoms with Crippen molar-refractivity contribution in [3.63, 3.8) is 0 Å². The predicted octanol–water partition coefficient (Wildman–Crippen LogP) is 6.96. The summed E-state index contributed by atoms with van der Waals surface area (Å²) in [5, 5.41) is 9.90. The van der Waals surface area contributed by atoms with E-state index in [2.05, 4.69) is 82.7 Å². The summed E-state index contributed by atoms with van der Waals surface area (Å²) in [6.07, 6.45) is 0.970. The van der Waals surface area contributed by atoms with Crippen molar-refractivity contribution in [3.05, 3.63) is 41.5 Å². The van der Waals surface area contributed by atoms with Gasteiger partial charge in [-0.05, 0) is 68.2 Å². The lowest BCUT2D eigenvalue weighted by atomic mass is 10.1. The molecule has 1 fully saturated rings. The van der Waals surface area contributed by atoms with Crippen molar-refractivity contribution in [1.82, 2.24) is 19.5 Å². The standard InChI is InChI=1S/C31H50N4O6SSi2/c1-19-14-20(2)26(21(3)15-19)42(37,38)29(41-44(12,13)31(7,8)9)25-22(40-43(10,11)30(4,5)6)16-23(39-25)35-18-34-24-27(35)32-17-33-28(24)36/h14-15,17-18,22-23,25,29H,16H2,1-13H3,(H,32,33,36)/t22-,23+,25-,29?/m0/s1. The zero-order chi connectivity index (χ0) is 33.2. The molecule has 244 valence electrons. The lowest BCUT2D eigenvalue weighted by Crippen LogP contribution is -2.54. The molecule has 1 saturated heterocycles. The molecular weight excluding hydrogens is 613 g/mol. The maximum atomic E-state index is 14.9. The molecule has 0 spiro atoms. The average molecular weight is 663 g/mol. The fraction of sp³-hybridized carbons (Fsp3) is 0.645. The van der Waals surface area contributed by atoms with Crippen LogP contribution in [0.5, 0.6) is 5.88 Å². The Hall–Kier alpha value is -2.17. The highest BCUT2D eigenvalue weighted by Gasteiger charge is 2.54. The van der Waals surface area contributed by atoms with Gasteiger partial charge in [-0.25, -0.2) is 18.4 Å². The summed E-state index contributed by atoms with van der Waals surface area (Å²) in [5.74, 6) is -0.232. The zero-order valence-electron chi connectivity index (χ0n) is 28.5. The second kappa shape index (κ2) is 11.6. The van der Waals surface area contributed by atoms with Gasteiger partial charge in [0.2, 0.25) is 15.7 Å². The quantitative estimate of drug-likeness (QED) is 0.255. The third-order valence-electron chi connectivity index (χ3n) is 9.70. The molecule has 1 aliphatic heterocycles. The molecule has 44 heavy (non-hydrogen) atoms. The summed E-state index contributed by atoms with van der Waals surface area (Å²) in [6, 6.07) is 3.80.